The molecule has 5 nitrogen and oxygen atoms in total. The standard InChI is InChI=1S/C16H15F2NO4/c17-14-5-3-13(8-15(14)18)23-10-11(20)9-19-16(21)6-4-12-2-1-7-22-12/h1-8,11,20H,9-10H2,(H,19,21)/b6-4+. The topological polar surface area (TPSA) is 71.7 Å². The third-order valence-corrected chi connectivity index (χ3v) is 2.79. The van der Waals surface area contributed by atoms with Crippen molar-refractivity contribution in [3.63, 3.8) is 0 Å². The summed E-state index contributed by atoms with van der Waals surface area (Å²) in [6.45, 7) is -0.224. The van der Waals surface area contributed by atoms with Crippen molar-refractivity contribution in [3.8, 4) is 5.75 Å². The van der Waals surface area contributed by atoms with Gasteiger partial charge in [-0.3, -0.25) is 4.79 Å². The first-order valence-electron chi connectivity index (χ1n) is 6.80. The highest BCUT2D eigenvalue weighted by Crippen LogP contribution is 2.15. The minimum atomic E-state index is -1.03. The van der Waals surface area contributed by atoms with E-state index >= 15 is 0 Å². The van der Waals surface area contributed by atoms with Crippen LogP contribution in [0.25, 0.3) is 6.08 Å². The van der Waals surface area contributed by atoms with Crippen LogP contribution in [0.4, 0.5) is 8.78 Å². The Bertz CT molecular complexity index is 671. The van der Waals surface area contributed by atoms with E-state index in [-0.39, 0.29) is 18.9 Å². The summed E-state index contributed by atoms with van der Waals surface area (Å²) in [6, 6.07) is 6.44. The Kier molecular flexibility index (Phi) is 5.87. The molecule has 1 atom stereocenters. The number of furan rings is 1. The molecule has 0 fully saturated rings. The second-order valence-corrected chi connectivity index (χ2v) is 4.63. The number of rotatable bonds is 7. The van der Waals surface area contributed by atoms with Gasteiger partial charge in [0.05, 0.1) is 6.26 Å². The zero-order valence-electron chi connectivity index (χ0n) is 12.0. The van der Waals surface area contributed by atoms with Gasteiger partial charge in [0.15, 0.2) is 11.6 Å². The van der Waals surface area contributed by atoms with Crippen LogP contribution < -0.4 is 10.1 Å². The van der Waals surface area contributed by atoms with Gasteiger partial charge in [-0.2, -0.15) is 0 Å². The maximum absolute atomic E-state index is 13.0. The first kappa shape index (κ1) is 16.7. The van der Waals surface area contributed by atoms with Crippen molar-refractivity contribution in [3.05, 3.63) is 60.1 Å². The molecule has 1 aromatic heterocycles. The normalized spacial score (nSPS) is 12.3. The monoisotopic (exact) mass is 323 g/mol. The maximum atomic E-state index is 13.0. The summed E-state index contributed by atoms with van der Waals surface area (Å²) in [5.41, 5.74) is 0. The Morgan fingerprint density at radius 2 is 2.17 bits per heavy atom. The van der Waals surface area contributed by atoms with E-state index < -0.39 is 23.6 Å². The molecule has 0 bridgehead atoms. The van der Waals surface area contributed by atoms with Crippen LogP contribution in [0.1, 0.15) is 5.76 Å². The number of amides is 1. The molecule has 0 saturated heterocycles. The van der Waals surface area contributed by atoms with Crippen LogP contribution in [-0.2, 0) is 4.79 Å². The molecule has 0 spiro atoms. The number of aliphatic hydroxyl groups excluding tert-OH is 1. The summed E-state index contributed by atoms with van der Waals surface area (Å²) in [4.78, 5) is 11.5. The zero-order valence-corrected chi connectivity index (χ0v) is 12.0. The quantitative estimate of drug-likeness (QED) is 0.766. The molecule has 1 aromatic carbocycles. The summed E-state index contributed by atoms with van der Waals surface area (Å²) in [6.07, 6.45) is 3.24. The van der Waals surface area contributed by atoms with E-state index in [1.165, 1.54) is 24.5 Å². The molecule has 1 unspecified atom stereocenters. The van der Waals surface area contributed by atoms with Gasteiger partial charge in [0.1, 0.15) is 24.2 Å². The summed E-state index contributed by atoms with van der Waals surface area (Å²) in [5, 5.41) is 12.2. The van der Waals surface area contributed by atoms with Gasteiger partial charge in [-0.1, -0.05) is 0 Å². The molecule has 2 N–H and O–H groups in total. The van der Waals surface area contributed by atoms with E-state index in [1.54, 1.807) is 12.1 Å². The van der Waals surface area contributed by atoms with E-state index in [2.05, 4.69) is 5.32 Å². The highest BCUT2D eigenvalue weighted by Gasteiger charge is 2.08. The molecule has 0 aliphatic rings. The fourth-order valence-corrected chi connectivity index (χ4v) is 1.64. The molecular weight excluding hydrogens is 308 g/mol. The number of carbonyl (C=O) groups excluding carboxylic acids is 1. The molecule has 23 heavy (non-hydrogen) atoms. The van der Waals surface area contributed by atoms with Gasteiger partial charge in [0.25, 0.3) is 0 Å². The SMILES string of the molecule is O=C(/C=C/c1ccco1)NCC(O)COc1ccc(F)c(F)c1. The lowest BCUT2D eigenvalue weighted by molar-refractivity contribution is -0.117. The Balaban J connectivity index is 1.71. The number of nitrogens with one attached hydrogen (secondary N) is 1. The number of carbonyl (C=O) groups is 1. The van der Waals surface area contributed by atoms with E-state index in [4.69, 9.17) is 9.15 Å². The zero-order chi connectivity index (χ0) is 16.7. The van der Waals surface area contributed by atoms with Crippen LogP contribution in [0.3, 0.4) is 0 Å². The van der Waals surface area contributed by atoms with Gasteiger partial charge in [0, 0.05) is 18.7 Å². The molecular formula is C16H15F2NO4. The van der Waals surface area contributed by atoms with Gasteiger partial charge in [-0.25, -0.2) is 8.78 Å². The van der Waals surface area contributed by atoms with Gasteiger partial charge in [-0.05, 0) is 30.3 Å². The van der Waals surface area contributed by atoms with E-state index in [0.717, 1.165) is 12.1 Å². The third kappa shape index (κ3) is 5.55. The fraction of sp³-hybridized carbons (Fsp3) is 0.188. The highest BCUT2D eigenvalue weighted by atomic mass is 19.2. The maximum Gasteiger partial charge on any atom is 0.244 e. The summed E-state index contributed by atoms with van der Waals surface area (Å²) >= 11 is 0. The average Bonchev–Trinajstić information content (AvgIpc) is 3.05. The van der Waals surface area contributed by atoms with Crippen LogP contribution in [0.2, 0.25) is 0 Å². The smallest absolute Gasteiger partial charge is 0.244 e. The van der Waals surface area contributed by atoms with Crippen molar-refractivity contribution in [2.45, 2.75) is 6.10 Å². The lowest BCUT2D eigenvalue weighted by Gasteiger charge is -2.12. The number of hydrogen-bond acceptors (Lipinski definition) is 4. The van der Waals surface area contributed by atoms with Crippen molar-refractivity contribution >= 4 is 12.0 Å². The fourth-order valence-electron chi connectivity index (χ4n) is 1.64. The van der Waals surface area contributed by atoms with Gasteiger partial charge >= 0.3 is 0 Å². The summed E-state index contributed by atoms with van der Waals surface area (Å²) in [5.74, 6) is -1.80. The van der Waals surface area contributed by atoms with E-state index in [0.29, 0.717) is 5.76 Å². The number of aliphatic hydroxyl groups is 1. The van der Waals surface area contributed by atoms with Crippen molar-refractivity contribution < 1.29 is 27.8 Å². The number of hydrogen-bond donors (Lipinski definition) is 2. The Morgan fingerprint density at radius 1 is 1.35 bits per heavy atom. The minimum Gasteiger partial charge on any atom is -0.491 e. The predicted octanol–water partition coefficient (Wildman–Crippen LogP) is 2.13. The predicted molar refractivity (Wildman–Crippen MR) is 78.6 cm³/mol. The van der Waals surface area contributed by atoms with Crippen LogP contribution in [0.5, 0.6) is 5.75 Å². The van der Waals surface area contributed by atoms with E-state index in [9.17, 15) is 18.7 Å². The number of ether oxygens (including phenoxy) is 1. The van der Waals surface area contributed by atoms with Crippen molar-refractivity contribution in [2.75, 3.05) is 13.2 Å². The van der Waals surface area contributed by atoms with E-state index in [1.807, 2.05) is 0 Å². The van der Waals surface area contributed by atoms with Gasteiger partial charge in [-0.15, -0.1) is 0 Å². The minimum absolute atomic E-state index is 0.0506. The molecule has 122 valence electrons. The average molecular weight is 323 g/mol. The summed E-state index contributed by atoms with van der Waals surface area (Å²) in [7, 11) is 0. The molecule has 7 heteroatoms. The number of halogens is 2. The van der Waals surface area contributed by atoms with Crippen molar-refractivity contribution in [1.82, 2.24) is 5.32 Å². The molecule has 0 saturated carbocycles. The second kappa shape index (κ2) is 8.09. The van der Waals surface area contributed by atoms with Crippen LogP contribution >= 0.6 is 0 Å². The first-order valence-corrected chi connectivity index (χ1v) is 6.80. The van der Waals surface area contributed by atoms with Gasteiger partial charge in [0.2, 0.25) is 5.91 Å². The van der Waals surface area contributed by atoms with Crippen molar-refractivity contribution in [1.29, 1.82) is 0 Å². The Hall–Kier alpha value is -2.67. The lowest BCUT2D eigenvalue weighted by atomic mass is 10.3. The largest absolute Gasteiger partial charge is 0.491 e. The molecule has 1 heterocycles. The lowest BCUT2D eigenvalue weighted by Crippen LogP contribution is -2.34. The molecule has 0 aliphatic heterocycles. The number of benzene rings is 1. The molecule has 2 rings (SSSR count). The van der Waals surface area contributed by atoms with Crippen LogP contribution in [0, 0.1) is 11.6 Å². The molecule has 2 aromatic rings. The highest BCUT2D eigenvalue weighted by molar-refractivity contribution is 5.91. The molecule has 0 aliphatic carbocycles. The second-order valence-electron chi connectivity index (χ2n) is 4.63. The Labute approximate surface area is 131 Å². The van der Waals surface area contributed by atoms with Crippen LogP contribution in [0.15, 0.2) is 47.1 Å². The Morgan fingerprint density at radius 3 is 2.87 bits per heavy atom. The van der Waals surface area contributed by atoms with Crippen molar-refractivity contribution in [2.24, 2.45) is 0 Å². The van der Waals surface area contributed by atoms with Gasteiger partial charge < -0.3 is 19.6 Å². The van der Waals surface area contributed by atoms with Crippen LogP contribution in [-0.4, -0.2) is 30.3 Å². The third-order valence-electron chi connectivity index (χ3n) is 2.79. The molecule has 1 amide bonds. The first-order chi connectivity index (χ1) is 11.0. The summed E-state index contributed by atoms with van der Waals surface area (Å²) < 4.78 is 35.8. The molecule has 0 radical (unpaired) electrons.